The highest BCUT2D eigenvalue weighted by atomic mass is 16.5. The average molecular weight is 217 g/mol. The Morgan fingerprint density at radius 1 is 1.31 bits per heavy atom. The third-order valence-electron chi connectivity index (χ3n) is 2.41. The van der Waals surface area contributed by atoms with E-state index in [1.165, 1.54) is 0 Å². The molecule has 0 amide bonds. The molecule has 16 heavy (non-hydrogen) atoms. The largest absolute Gasteiger partial charge is 0.492 e. The Balaban J connectivity index is 2.51. The minimum atomic E-state index is 0.0887. The van der Waals surface area contributed by atoms with Gasteiger partial charge in [0, 0.05) is 18.4 Å². The Hall–Kier alpha value is -1.61. The van der Waals surface area contributed by atoms with Crippen molar-refractivity contribution in [3.05, 3.63) is 36.0 Å². The van der Waals surface area contributed by atoms with Gasteiger partial charge in [0.15, 0.2) is 0 Å². The molecule has 0 fully saturated rings. The Bertz CT molecular complexity index is 438. The van der Waals surface area contributed by atoms with E-state index in [1.54, 1.807) is 0 Å². The highest BCUT2D eigenvalue weighted by Crippen LogP contribution is 2.23. The Morgan fingerprint density at radius 3 is 2.88 bits per heavy atom. The van der Waals surface area contributed by atoms with E-state index in [-0.39, 0.29) is 6.61 Å². The lowest BCUT2D eigenvalue weighted by Gasteiger charge is -2.10. The zero-order valence-corrected chi connectivity index (χ0v) is 9.31. The van der Waals surface area contributed by atoms with Crippen LogP contribution in [0.1, 0.15) is 12.6 Å². The van der Waals surface area contributed by atoms with Gasteiger partial charge in [-0.3, -0.25) is 0 Å². The standard InChI is InChI=1S/C13H15NO2/c1-2-16-13-9-10-5-3-4-6-11(10)14-12(13)7-8-15/h3-6,9,15H,2,7-8H2,1H3. The van der Waals surface area contributed by atoms with Gasteiger partial charge in [0.2, 0.25) is 0 Å². The second-order valence-corrected chi connectivity index (χ2v) is 3.53. The summed E-state index contributed by atoms with van der Waals surface area (Å²) in [5.41, 5.74) is 1.76. The molecule has 0 radical (unpaired) electrons. The summed E-state index contributed by atoms with van der Waals surface area (Å²) < 4.78 is 5.52. The van der Waals surface area contributed by atoms with Gasteiger partial charge in [0.1, 0.15) is 5.75 Å². The first kappa shape index (κ1) is 10.9. The summed E-state index contributed by atoms with van der Waals surface area (Å²) in [4.78, 5) is 4.50. The molecule has 0 atom stereocenters. The third-order valence-corrected chi connectivity index (χ3v) is 2.41. The highest BCUT2D eigenvalue weighted by molar-refractivity contribution is 5.80. The van der Waals surface area contributed by atoms with Crippen molar-refractivity contribution in [3.8, 4) is 5.75 Å². The molecule has 0 spiro atoms. The van der Waals surface area contributed by atoms with Crippen molar-refractivity contribution >= 4 is 10.9 Å². The predicted molar refractivity (Wildman–Crippen MR) is 63.7 cm³/mol. The van der Waals surface area contributed by atoms with Crippen LogP contribution in [0.4, 0.5) is 0 Å². The lowest BCUT2D eigenvalue weighted by molar-refractivity contribution is 0.290. The molecule has 84 valence electrons. The number of benzene rings is 1. The van der Waals surface area contributed by atoms with Crippen molar-refractivity contribution in [2.45, 2.75) is 13.3 Å². The lowest BCUT2D eigenvalue weighted by atomic mass is 10.1. The molecule has 2 aromatic rings. The van der Waals surface area contributed by atoms with Crippen LogP contribution in [0.15, 0.2) is 30.3 Å². The van der Waals surface area contributed by atoms with E-state index in [4.69, 9.17) is 9.84 Å². The van der Waals surface area contributed by atoms with Gasteiger partial charge in [-0.1, -0.05) is 18.2 Å². The van der Waals surface area contributed by atoms with E-state index in [2.05, 4.69) is 4.98 Å². The number of nitrogens with zero attached hydrogens (tertiary/aromatic N) is 1. The first-order chi connectivity index (χ1) is 7.85. The molecule has 0 aliphatic carbocycles. The zero-order chi connectivity index (χ0) is 11.4. The molecule has 1 heterocycles. The van der Waals surface area contributed by atoms with Crippen LogP contribution in [0.25, 0.3) is 10.9 Å². The first-order valence-electron chi connectivity index (χ1n) is 5.47. The summed E-state index contributed by atoms with van der Waals surface area (Å²) in [5, 5.41) is 10.1. The number of rotatable bonds is 4. The smallest absolute Gasteiger partial charge is 0.141 e. The fourth-order valence-corrected chi connectivity index (χ4v) is 1.70. The molecule has 0 bridgehead atoms. The Labute approximate surface area is 94.7 Å². The fraction of sp³-hybridized carbons (Fsp3) is 0.308. The monoisotopic (exact) mass is 217 g/mol. The molecule has 0 saturated heterocycles. The molecule has 1 aromatic heterocycles. The number of hydrogen-bond acceptors (Lipinski definition) is 3. The van der Waals surface area contributed by atoms with E-state index in [9.17, 15) is 0 Å². The van der Waals surface area contributed by atoms with Crippen molar-refractivity contribution in [2.24, 2.45) is 0 Å². The minimum absolute atomic E-state index is 0.0887. The van der Waals surface area contributed by atoms with Gasteiger partial charge in [0.05, 0.1) is 17.8 Å². The van der Waals surface area contributed by atoms with Crippen LogP contribution in [-0.4, -0.2) is 23.3 Å². The first-order valence-corrected chi connectivity index (χ1v) is 5.47. The maximum atomic E-state index is 8.99. The van der Waals surface area contributed by atoms with Crippen LogP contribution in [-0.2, 0) is 6.42 Å². The number of pyridine rings is 1. The average Bonchev–Trinajstić information content (AvgIpc) is 2.30. The van der Waals surface area contributed by atoms with Gasteiger partial charge in [-0.05, 0) is 19.1 Å². The van der Waals surface area contributed by atoms with E-state index >= 15 is 0 Å². The van der Waals surface area contributed by atoms with Gasteiger partial charge in [-0.15, -0.1) is 0 Å². The Morgan fingerprint density at radius 2 is 2.12 bits per heavy atom. The molecular formula is C13H15NO2. The predicted octanol–water partition coefficient (Wildman–Crippen LogP) is 2.17. The number of para-hydroxylation sites is 1. The summed E-state index contributed by atoms with van der Waals surface area (Å²) in [6, 6.07) is 9.89. The topological polar surface area (TPSA) is 42.4 Å². The van der Waals surface area contributed by atoms with E-state index < -0.39 is 0 Å². The van der Waals surface area contributed by atoms with Gasteiger partial charge in [-0.25, -0.2) is 4.98 Å². The SMILES string of the molecule is CCOc1cc2ccccc2nc1CCO. The summed E-state index contributed by atoms with van der Waals surface area (Å²) in [6.07, 6.45) is 0.528. The van der Waals surface area contributed by atoms with Crippen molar-refractivity contribution in [3.63, 3.8) is 0 Å². The molecular weight excluding hydrogens is 202 g/mol. The number of ether oxygens (including phenoxy) is 1. The van der Waals surface area contributed by atoms with Crippen LogP contribution in [0.2, 0.25) is 0 Å². The zero-order valence-electron chi connectivity index (χ0n) is 9.31. The molecule has 3 heteroatoms. The minimum Gasteiger partial charge on any atom is -0.492 e. The molecule has 0 aliphatic heterocycles. The number of aromatic nitrogens is 1. The maximum absolute atomic E-state index is 8.99. The third kappa shape index (κ3) is 2.14. The summed E-state index contributed by atoms with van der Waals surface area (Å²) in [7, 11) is 0. The van der Waals surface area contributed by atoms with Crippen molar-refractivity contribution in [1.29, 1.82) is 0 Å². The van der Waals surface area contributed by atoms with Crippen LogP contribution in [0.5, 0.6) is 5.75 Å². The second kappa shape index (κ2) is 4.94. The quantitative estimate of drug-likeness (QED) is 0.853. The molecule has 0 saturated carbocycles. The van der Waals surface area contributed by atoms with E-state index in [0.717, 1.165) is 22.3 Å². The summed E-state index contributed by atoms with van der Waals surface area (Å²) in [5.74, 6) is 0.773. The number of aliphatic hydroxyl groups excluding tert-OH is 1. The maximum Gasteiger partial charge on any atom is 0.141 e. The molecule has 1 N–H and O–H groups in total. The van der Waals surface area contributed by atoms with Gasteiger partial charge < -0.3 is 9.84 Å². The summed E-state index contributed by atoms with van der Waals surface area (Å²) >= 11 is 0. The summed E-state index contributed by atoms with van der Waals surface area (Å²) in [6.45, 7) is 2.64. The highest BCUT2D eigenvalue weighted by Gasteiger charge is 2.06. The number of fused-ring (bicyclic) bond motifs is 1. The van der Waals surface area contributed by atoms with Gasteiger partial charge in [-0.2, -0.15) is 0 Å². The van der Waals surface area contributed by atoms with Crippen molar-refractivity contribution in [2.75, 3.05) is 13.2 Å². The van der Waals surface area contributed by atoms with Gasteiger partial charge in [0.25, 0.3) is 0 Å². The fourth-order valence-electron chi connectivity index (χ4n) is 1.70. The van der Waals surface area contributed by atoms with Crippen LogP contribution >= 0.6 is 0 Å². The number of hydrogen-bond donors (Lipinski definition) is 1. The molecule has 3 nitrogen and oxygen atoms in total. The van der Waals surface area contributed by atoms with Crippen molar-refractivity contribution < 1.29 is 9.84 Å². The molecule has 0 unspecified atom stereocenters. The van der Waals surface area contributed by atoms with E-state index in [0.29, 0.717) is 13.0 Å². The van der Waals surface area contributed by atoms with E-state index in [1.807, 2.05) is 37.3 Å². The molecule has 1 aromatic carbocycles. The van der Waals surface area contributed by atoms with Crippen LogP contribution in [0, 0.1) is 0 Å². The number of aliphatic hydroxyl groups is 1. The Kier molecular flexibility index (Phi) is 3.37. The van der Waals surface area contributed by atoms with Crippen LogP contribution < -0.4 is 4.74 Å². The van der Waals surface area contributed by atoms with Gasteiger partial charge >= 0.3 is 0 Å². The second-order valence-electron chi connectivity index (χ2n) is 3.53. The molecule has 2 rings (SSSR count). The van der Waals surface area contributed by atoms with Crippen molar-refractivity contribution in [1.82, 2.24) is 4.98 Å². The molecule has 0 aliphatic rings. The normalized spacial score (nSPS) is 10.6. The van der Waals surface area contributed by atoms with Crippen LogP contribution in [0.3, 0.4) is 0 Å². The lowest BCUT2D eigenvalue weighted by Crippen LogP contribution is -2.02.